The SMILES string of the molecule is CCOc1ccc(C(=O)O[C@@H](C(=O)Nc2ccccc2OCC)c2ccccc2)cc1. The Morgan fingerprint density at radius 3 is 2.13 bits per heavy atom. The molecule has 1 atom stereocenters. The standard InChI is InChI=1S/C25H25NO5/c1-3-29-20-16-14-19(15-17-20)25(28)31-23(18-10-6-5-7-11-18)24(27)26-21-12-8-9-13-22(21)30-4-2/h5-17,23H,3-4H2,1-2H3,(H,26,27)/t23-/m1/s1. The molecule has 31 heavy (non-hydrogen) atoms. The van der Waals surface area contributed by atoms with E-state index >= 15 is 0 Å². The summed E-state index contributed by atoms with van der Waals surface area (Å²) in [5.74, 6) is 0.120. The number of hydrogen-bond acceptors (Lipinski definition) is 5. The van der Waals surface area contributed by atoms with Crippen LogP contribution < -0.4 is 14.8 Å². The molecule has 0 aromatic heterocycles. The van der Waals surface area contributed by atoms with Crippen LogP contribution in [0.3, 0.4) is 0 Å². The number of rotatable bonds is 9. The van der Waals surface area contributed by atoms with Gasteiger partial charge >= 0.3 is 5.97 Å². The molecule has 0 unspecified atom stereocenters. The summed E-state index contributed by atoms with van der Waals surface area (Å²) in [5, 5.41) is 2.82. The zero-order valence-electron chi connectivity index (χ0n) is 17.5. The van der Waals surface area contributed by atoms with Crippen LogP contribution in [-0.2, 0) is 9.53 Å². The first-order valence-corrected chi connectivity index (χ1v) is 10.1. The third kappa shape index (κ3) is 5.85. The van der Waals surface area contributed by atoms with Crippen LogP contribution in [0.2, 0.25) is 0 Å². The van der Waals surface area contributed by atoms with Crippen molar-refractivity contribution in [3.63, 3.8) is 0 Å². The first-order chi connectivity index (χ1) is 15.1. The Balaban J connectivity index is 1.82. The van der Waals surface area contributed by atoms with E-state index in [1.54, 1.807) is 66.7 Å². The number of nitrogens with one attached hydrogen (secondary N) is 1. The summed E-state index contributed by atoms with van der Waals surface area (Å²) < 4.78 is 16.6. The van der Waals surface area contributed by atoms with E-state index in [-0.39, 0.29) is 0 Å². The largest absolute Gasteiger partial charge is 0.494 e. The lowest BCUT2D eigenvalue weighted by atomic mass is 10.1. The maximum Gasteiger partial charge on any atom is 0.339 e. The molecule has 0 heterocycles. The second kappa shape index (κ2) is 10.8. The van der Waals surface area contributed by atoms with Gasteiger partial charge in [0.2, 0.25) is 6.10 Å². The normalized spacial score (nSPS) is 11.3. The second-order valence-corrected chi connectivity index (χ2v) is 6.57. The molecule has 0 saturated carbocycles. The van der Waals surface area contributed by atoms with Crippen molar-refractivity contribution in [1.82, 2.24) is 0 Å². The summed E-state index contributed by atoms with van der Waals surface area (Å²) in [6.07, 6.45) is -1.13. The Morgan fingerprint density at radius 2 is 1.45 bits per heavy atom. The summed E-state index contributed by atoms with van der Waals surface area (Å²) in [7, 11) is 0. The summed E-state index contributed by atoms with van der Waals surface area (Å²) in [4.78, 5) is 25.9. The van der Waals surface area contributed by atoms with Crippen LogP contribution in [0.1, 0.15) is 35.9 Å². The van der Waals surface area contributed by atoms with Crippen molar-refractivity contribution >= 4 is 17.6 Å². The van der Waals surface area contributed by atoms with Gasteiger partial charge in [-0.1, -0.05) is 42.5 Å². The molecular weight excluding hydrogens is 394 g/mol. The average Bonchev–Trinajstić information content (AvgIpc) is 2.80. The molecule has 1 amide bonds. The van der Waals surface area contributed by atoms with Gasteiger partial charge in [-0.3, -0.25) is 4.79 Å². The van der Waals surface area contributed by atoms with Crippen LogP contribution in [-0.4, -0.2) is 25.1 Å². The molecule has 0 aliphatic heterocycles. The number of ether oxygens (including phenoxy) is 3. The van der Waals surface area contributed by atoms with Crippen LogP contribution in [0.25, 0.3) is 0 Å². The van der Waals surface area contributed by atoms with Crippen molar-refractivity contribution in [2.24, 2.45) is 0 Å². The molecule has 0 aliphatic rings. The minimum Gasteiger partial charge on any atom is -0.494 e. The van der Waals surface area contributed by atoms with Crippen molar-refractivity contribution in [2.45, 2.75) is 20.0 Å². The van der Waals surface area contributed by atoms with E-state index in [0.29, 0.717) is 41.5 Å². The Hall–Kier alpha value is -3.80. The van der Waals surface area contributed by atoms with E-state index in [1.807, 2.05) is 26.0 Å². The summed E-state index contributed by atoms with van der Waals surface area (Å²) in [6, 6.07) is 22.6. The fraction of sp³-hybridized carbons (Fsp3) is 0.200. The number of para-hydroxylation sites is 2. The number of anilines is 1. The molecule has 1 N–H and O–H groups in total. The molecule has 0 spiro atoms. The van der Waals surface area contributed by atoms with E-state index in [4.69, 9.17) is 14.2 Å². The zero-order chi connectivity index (χ0) is 22.1. The third-order valence-corrected chi connectivity index (χ3v) is 4.41. The Kier molecular flexibility index (Phi) is 7.65. The van der Waals surface area contributed by atoms with E-state index in [1.165, 1.54) is 0 Å². The zero-order valence-corrected chi connectivity index (χ0v) is 17.5. The van der Waals surface area contributed by atoms with Crippen LogP contribution in [0.5, 0.6) is 11.5 Å². The number of carbonyl (C=O) groups excluding carboxylic acids is 2. The van der Waals surface area contributed by atoms with E-state index < -0.39 is 18.0 Å². The molecular formula is C25H25NO5. The maximum atomic E-state index is 13.1. The van der Waals surface area contributed by atoms with Crippen LogP contribution >= 0.6 is 0 Å². The minimum atomic E-state index is -1.13. The van der Waals surface area contributed by atoms with Crippen LogP contribution in [0.4, 0.5) is 5.69 Å². The predicted molar refractivity (Wildman–Crippen MR) is 118 cm³/mol. The maximum absolute atomic E-state index is 13.1. The van der Waals surface area contributed by atoms with Gasteiger partial charge in [0, 0.05) is 5.56 Å². The fourth-order valence-corrected chi connectivity index (χ4v) is 2.98. The van der Waals surface area contributed by atoms with Gasteiger partial charge in [-0.25, -0.2) is 4.79 Å². The summed E-state index contributed by atoms with van der Waals surface area (Å²) >= 11 is 0. The average molecular weight is 419 g/mol. The van der Waals surface area contributed by atoms with E-state index in [2.05, 4.69) is 5.32 Å². The highest BCUT2D eigenvalue weighted by Crippen LogP contribution is 2.27. The lowest BCUT2D eigenvalue weighted by molar-refractivity contribution is -0.125. The third-order valence-electron chi connectivity index (χ3n) is 4.41. The van der Waals surface area contributed by atoms with Gasteiger partial charge in [0.15, 0.2) is 0 Å². The molecule has 3 aromatic carbocycles. The first-order valence-electron chi connectivity index (χ1n) is 10.1. The number of carbonyl (C=O) groups is 2. The van der Waals surface area contributed by atoms with Gasteiger partial charge in [0.05, 0.1) is 24.5 Å². The molecule has 160 valence electrons. The highest BCUT2D eigenvalue weighted by Gasteiger charge is 2.26. The van der Waals surface area contributed by atoms with Gasteiger partial charge in [0.1, 0.15) is 11.5 Å². The highest BCUT2D eigenvalue weighted by molar-refractivity contribution is 5.99. The van der Waals surface area contributed by atoms with Gasteiger partial charge in [-0.05, 0) is 50.2 Å². The molecule has 0 radical (unpaired) electrons. The number of amides is 1. The molecule has 6 heteroatoms. The second-order valence-electron chi connectivity index (χ2n) is 6.57. The molecule has 0 fully saturated rings. The van der Waals surface area contributed by atoms with Gasteiger partial charge < -0.3 is 19.5 Å². The number of hydrogen-bond donors (Lipinski definition) is 1. The van der Waals surface area contributed by atoms with Crippen molar-refractivity contribution < 1.29 is 23.8 Å². The smallest absolute Gasteiger partial charge is 0.339 e. The Labute approximate surface area is 181 Å². The molecule has 0 saturated heterocycles. The van der Waals surface area contributed by atoms with Crippen LogP contribution in [0, 0.1) is 0 Å². The molecule has 3 aromatic rings. The predicted octanol–water partition coefficient (Wildman–Crippen LogP) is 5.02. The van der Waals surface area contributed by atoms with Crippen LogP contribution in [0.15, 0.2) is 78.9 Å². The van der Waals surface area contributed by atoms with Crippen molar-refractivity contribution in [2.75, 3.05) is 18.5 Å². The van der Waals surface area contributed by atoms with Crippen molar-refractivity contribution in [3.05, 3.63) is 90.0 Å². The molecule has 6 nitrogen and oxygen atoms in total. The first kappa shape index (κ1) is 21.9. The molecule has 0 bridgehead atoms. The van der Waals surface area contributed by atoms with Gasteiger partial charge in [-0.15, -0.1) is 0 Å². The Morgan fingerprint density at radius 1 is 0.806 bits per heavy atom. The minimum absolute atomic E-state index is 0.326. The van der Waals surface area contributed by atoms with Gasteiger partial charge in [-0.2, -0.15) is 0 Å². The molecule has 0 aliphatic carbocycles. The van der Waals surface area contributed by atoms with E-state index in [9.17, 15) is 9.59 Å². The lowest BCUT2D eigenvalue weighted by Gasteiger charge is -2.19. The van der Waals surface area contributed by atoms with Gasteiger partial charge in [0.25, 0.3) is 5.91 Å². The monoisotopic (exact) mass is 419 g/mol. The van der Waals surface area contributed by atoms with E-state index in [0.717, 1.165) is 0 Å². The topological polar surface area (TPSA) is 73.9 Å². The Bertz CT molecular complexity index is 1000. The van der Waals surface area contributed by atoms with Crippen molar-refractivity contribution in [3.8, 4) is 11.5 Å². The highest BCUT2D eigenvalue weighted by atomic mass is 16.5. The number of esters is 1. The number of benzene rings is 3. The lowest BCUT2D eigenvalue weighted by Crippen LogP contribution is -2.26. The summed E-state index contributed by atoms with van der Waals surface area (Å²) in [6.45, 7) is 4.74. The quantitative estimate of drug-likeness (QED) is 0.493. The fourth-order valence-electron chi connectivity index (χ4n) is 2.98. The molecule has 3 rings (SSSR count). The summed E-state index contributed by atoms with van der Waals surface area (Å²) in [5.41, 5.74) is 1.40. The van der Waals surface area contributed by atoms with Crippen molar-refractivity contribution in [1.29, 1.82) is 0 Å².